The topological polar surface area (TPSA) is 67.4 Å². The summed E-state index contributed by atoms with van der Waals surface area (Å²) in [6, 6.07) is 12.9. The fourth-order valence-electron chi connectivity index (χ4n) is 2.47. The molecule has 0 aliphatic rings. The third-order valence-electron chi connectivity index (χ3n) is 4.07. The van der Waals surface area contributed by atoms with Crippen LogP contribution in [0.3, 0.4) is 0 Å². The Kier molecular flexibility index (Phi) is 8.33. The number of carbonyl (C=O) groups excluding carboxylic acids is 2. The molecule has 0 saturated carbocycles. The monoisotopic (exact) mass is 432 g/mol. The molecule has 0 atom stereocenters. The number of benzene rings is 2. The van der Waals surface area contributed by atoms with Gasteiger partial charge in [-0.1, -0.05) is 41.4 Å². The number of hydrogen-bond donors (Lipinski definition) is 2. The van der Waals surface area contributed by atoms with Crippen LogP contribution in [0, 0.1) is 0 Å². The zero-order valence-corrected chi connectivity index (χ0v) is 17.3. The van der Waals surface area contributed by atoms with E-state index < -0.39 is 0 Å². The molecule has 0 saturated heterocycles. The summed E-state index contributed by atoms with van der Waals surface area (Å²) in [7, 11) is 1.63. The van der Waals surface area contributed by atoms with E-state index in [0.717, 1.165) is 22.9 Å². The Balaban J connectivity index is 2.04. The summed E-state index contributed by atoms with van der Waals surface area (Å²) in [4.78, 5) is 24.0. The number of carbonyl (C=O) groups is 2. The Labute approximate surface area is 168 Å². The van der Waals surface area contributed by atoms with E-state index in [9.17, 15) is 9.59 Å². The quantitative estimate of drug-likeness (QED) is 0.570. The van der Waals surface area contributed by atoms with E-state index in [0.29, 0.717) is 36.4 Å². The lowest BCUT2D eigenvalue weighted by Gasteiger charge is -2.12. The van der Waals surface area contributed by atoms with Gasteiger partial charge in [-0.3, -0.25) is 9.59 Å². The van der Waals surface area contributed by atoms with Crippen molar-refractivity contribution in [3.05, 3.63) is 58.1 Å². The van der Waals surface area contributed by atoms with Gasteiger partial charge in [0.05, 0.1) is 12.2 Å². The van der Waals surface area contributed by atoms with E-state index in [4.69, 9.17) is 4.74 Å². The maximum absolute atomic E-state index is 12.7. The molecular weight excluding hydrogens is 408 g/mol. The largest absolute Gasteiger partial charge is 0.493 e. The molecule has 27 heavy (non-hydrogen) atoms. The van der Waals surface area contributed by atoms with E-state index >= 15 is 0 Å². The van der Waals surface area contributed by atoms with Crippen molar-refractivity contribution in [2.24, 2.45) is 0 Å². The van der Waals surface area contributed by atoms with E-state index in [2.05, 4.69) is 33.5 Å². The van der Waals surface area contributed by atoms with Gasteiger partial charge in [0, 0.05) is 23.6 Å². The number of halogens is 1. The number of hydrogen-bond acceptors (Lipinski definition) is 3. The highest BCUT2D eigenvalue weighted by Crippen LogP contribution is 2.25. The summed E-state index contributed by atoms with van der Waals surface area (Å²) >= 11 is 3.41. The minimum Gasteiger partial charge on any atom is -0.493 e. The van der Waals surface area contributed by atoms with Crippen LogP contribution in [-0.4, -0.2) is 25.5 Å². The Morgan fingerprint density at radius 2 is 1.85 bits per heavy atom. The number of ether oxygens (including phenoxy) is 1. The average Bonchev–Trinajstić information content (AvgIpc) is 2.68. The zero-order chi connectivity index (χ0) is 19.6. The van der Waals surface area contributed by atoms with Gasteiger partial charge in [-0.15, -0.1) is 0 Å². The molecule has 2 aromatic rings. The van der Waals surface area contributed by atoms with E-state index in [1.54, 1.807) is 19.2 Å². The predicted octanol–water partition coefficient (Wildman–Crippen LogP) is 4.56. The molecule has 0 aliphatic carbocycles. The standard InChI is InChI=1S/C21H25BrN2O3/c1-3-4-13-27-19-11-8-16(22)14-18(19)21(26)24-17-9-5-15(6-10-17)7-12-20(25)23-2/h5-6,8-11,14H,3-4,7,12-13H2,1-2H3,(H,23,25)(H,24,26). The SMILES string of the molecule is CCCCOc1ccc(Br)cc1C(=O)Nc1ccc(CCC(=O)NC)cc1. The van der Waals surface area contributed by atoms with Crippen LogP contribution >= 0.6 is 15.9 Å². The average molecular weight is 433 g/mol. The van der Waals surface area contributed by atoms with Crippen molar-refractivity contribution >= 4 is 33.4 Å². The summed E-state index contributed by atoms with van der Waals surface area (Å²) in [5.41, 5.74) is 2.23. The number of amides is 2. The van der Waals surface area contributed by atoms with Crippen molar-refractivity contribution in [1.29, 1.82) is 0 Å². The normalized spacial score (nSPS) is 10.3. The second kappa shape index (κ2) is 10.7. The molecule has 0 aromatic heterocycles. The Morgan fingerprint density at radius 3 is 2.52 bits per heavy atom. The van der Waals surface area contributed by atoms with Gasteiger partial charge in [-0.2, -0.15) is 0 Å². The minimum absolute atomic E-state index is 0.0117. The zero-order valence-electron chi connectivity index (χ0n) is 15.7. The molecule has 0 bridgehead atoms. The summed E-state index contributed by atoms with van der Waals surface area (Å²) < 4.78 is 6.58. The van der Waals surface area contributed by atoms with Gasteiger partial charge in [0.2, 0.25) is 5.91 Å². The predicted molar refractivity (Wildman–Crippen MR) is 111 cm³/mol. The molecule has 0 unspecified atom stereocenters. The first kappa shape index (κ1) is 21.0. The van der Waals surface area contributed by atoms with Gasteiger partial charge in [-0.25, -0.2) is 0 Å². The molecule has 6 heteroatoms. The second-order valence-electron chi connectivity index (χ2n) is 6.17. The first-order valence-corrected chi connectivity index (χ1v) is 9.86. The number of aryl methyl sites for hydroxylation is 1. The molecule has 5 nitrogen and oxygen atoms in total. The van der Waals surface area contributed by atoms with Crippen molar-refractivity contribution < 1.29 is 14.3 Å². The molecule has 0 spiro atoms. The molecule has 2 N–H and O–H groups in total. The van der Waals surface area contributed by atoms with Crippen LogP contribution in [0.2, 0.25) is 0 Å². The lowest BCUT2D eigenvalue weighted by atomic mass is 10.1. The Bertz CT molecular complexity index is 775. The van der Waals surface area contributed by atoms with Crippen molar-refractivity contribution in [3.63, 3.8) is 0 Å². The van der Waals surface area contributed by atoms with Gasteiger partial charge >= 0.3 is 0 Å². The molecule has 0 heterocycles. The Hall–Kier alpha value is -2.34. The molecule has 0 radical (unpaired) electrons. The molecular formula is C21H25BrN2O3. The van der Waals surface area contributed by atoms with Crippen molar-refractivity contribution in [3.8, 4) is 5.75 Å². The number of unbranched alkanes of at least 4 members (excludes halogenated alkanes) is 1. The maximum Gasteiger partial charge on any atom is 0.259 e. The van der Waals surface area contributed by atoms with Crippen molar-refractivity contribution in [2.45, 2.75) is 32.6 Å². The van der Waals surface area contributed by atoms with E-state index in [-0.39, 0.29) is 11.8 Å². The molecule has 2 amide bonds. The third-order valence-corrected chi connectivity index (χ3v) is 4.57. The van der Waals surface area contributed by atoms with Crippen LogP contribution in [-0.2, 0) is 11.2 Å². The van der Waals surface area contributed by atoms with E-state index in [1.165, 1.54) is 0 Å². The van der Waals surface area contributed by atoms with Crippen molar-refractivity contribution in [1.82, 2.24) is 5.32 Å². The Morgan fingerprint density at radius 1 is 1.11 bits per heavy atom. The lowest BCUT2D eigenvalue weighted by molar-refractivity contribution is -0.120. The van der Waals surface area contributed by atoms with Crippen molar-refractivity contribution in [2.75, 3.05) is 19.0 Å². The van der Waals surface area contributed by atoms with Gasteiger partial charge < -0.3 is 15.4 Å². The van der Waals surface area contributed by atoms with Gasteiger partial charge in [0.1, 0.15) is 5.75 Å². The molecule has 2 rings (SSSR count). The molecule has 2 aromatic carbocycles. The van der Waals surface area contributed by atoms with E-state index in [1.807, 2.05) is 30.3 Å². The van der Waals surface area contributed by atoms with Crippen LogP contribution in [0.5, 0.6) is 5.75 Å². The highest BCUT2D eigenvalue weighted by molar-refractivity contribution is 9.10. The summed E-state index contributed by atoms with van der Waals surface area (Å²) in [5, 5.41) is 5.51. The van der Waals surface area contributed by atoms with Crippen LogP contribution in [0.1, 0.15) is 42.1 Å². The van der Waals surface area contributed by atoms with Crippen LogP contribution in [0.4, 0.5) is 5.69 Å². The number of rotatable bonds is 9. The third kappa shape index (κ3) is 6.71. The van der Waals surface area contributed by atoms with Gasteiger partial charge in [0.15, 0.2) is 0 Å². The first-order chi connectivity index (χ1) is 13.0. The fourth-order valence-corrected chi connectivity index (χ4v) is 2.83. The van der Waals surface area contributed by atoms with Crippen LogP contribution in [0.15, 0.2) is 46.9 Å². The number of nitrogens with one attached hydrogen (secondary N) is 2. The smallest absolute Gasteiger partial charge is 0.259 e. The molecule has 0 aliphatic heterocycles. The fraction of sp³-hybridized carbons (Fsp3) is 0.333. The highest BCUT2D eigenvalue weighted by atomic mass is 79.9. The summed E-state index contributed by atoms with van der Waals surface area (Å²) in [6.45, 7) is 2.68. The van der Waals surface area contributed by atoms with Gasteiger partial charge in [0.25, 0.3) is 5.91 Å². The summed E-state index contributed by atoms with van der Waals surface area (Å²) in [6.07, 6.45) is 3.08. The molecule has 0 fully saturated rings. The minimum atomic E-state index is -0.221. The van der Waals surface area contributed by atoms with Crippen LogP contribution in [0.25, 0.3) is 0 Å². The number of anilines is 1. The highest BCUT2D eigenvalue weighted by Gasteiger charge is 2.14. The van der Waals surface area contributed by atoms with Crippen LogP contribution < -0.4 is 15.4 Å². The molecule has 144 valence electrons. The lowest BCUT2D eigenvalue weighted by Crippen LogP contribution is -2.18. The maximum atomic E-state index is 12.7. The first-order valence-electron chi connectivity index (χ1n) is 9.06. The summed E-state index contributed by atoms with van der Waals surface area (Å²) in [5.74, 6) is 0.366. The second-order valence-corrected chi connectivity index (χ2v) is 7.08. The van der Waals surface area contributed by atoms with Gasteiger partial charge in [-0.05, 0) is 48.7 Å².